The number of nitrogens with one attached hydrogen (secondary N) is 3. The summed E-state index contributed by atoms with van der Waals surface area (Å²) in [5.74, 6) is -7.72. The van der Waals surface area contributed by atoms with E-state index in [1.54, 1.807) is 13.8 Å². The number of nitrogens with zero attached hydrogens (tertiary/aromatic N) is 4. The number of carbonyl (C=O) groups is 7. The van der Waals surface area contributed by atoms with E-state index >= 15 is 4.39 Å². The number of ether oxygens (including phenoxy) is 1. The van der Waals surface area contributed by atoms with Crippen LogP contribution >= 0.6 is 11.6 Å². The average Bonchev–Trinajstić information content (AvgIpc) is 4.00. The molecule has 6 rings (SSSR count). The maximum Gasteiger partial charge on any atom is 0.573 e. The van der Waals surface area contributed by atoms with Crippen molar-refractivity contribution in [1.29, 1.82) is 0 Å². The van der Waals surface area contributed by atoms with Crippen LogP contribution in [0.4, 0.5) is 30.7 Å². The van der Waals surface area contributed by atoms with Crippen LogP contribution in [0.25, 0.3) is 0 Å². The molecule has 7 atom stereocenters. The standard InChI is InChI=1S/C47H63ClF7N7O8/c1-25(2)18-31-41(67)61(6)33(20-28-19-29(48)13-14-35(28)70-47(53,54)55)38(64)56-26(3)40(66)59(4)17-8-7-10-32(37(63)57-31)60(5)42(68)36(27-11-12-27)58-39(65)34-21-30(49)22-62(34)43(69)45(46(50,51)52)23-44(24-45)15-9-16-44/h13-14,19,25-27,30-34,36H,7-12,15-18,20-24H2,1-6H3,(H,56,64)(H,57,63)(H,58,65)/t26-,30-,31+,32+,33+,34+,36+/m1/s1. The second-order valence-electron chi connectivity index (χ2n) is 20.5. The first-order valence-corrected chi connectivity index (χ1v) is 24.2. The Labute approximate surface area is 407 Å². The molecule has 0 radical (unpaired) electrons. The first-order valence-electron chi connectivity index (χ1n) is 23.8. The Bertz CT molecular complexity index is 2160. The van der Waals surface area contributed by atoms with Gasteiger partial charge >= 0.3 is 12.5 Å². The summed E-state index contributed by atoms with van der Waals surface area (Å²) < 4.78 is 104. The Hall–Kier alpha value is -4.89. The van der Waals surface area contributed by atoms with Crippen LogP contribution in [0.5, 0.6) is 5.75 Å². The number of rotatable bonds is 11. The highest BCUT2D eigenvalue weighted by Gasteiger charge is 2.74. The Balaban J connectivity index is 1.26. The van der Waals surface area contributed by atoms with Crippen molar-refractivity contribution in [3.8, 4) is 5.75 Å². The number of likely N-dealkylation sites (tertiary alicyclic amines) is 1. The summed E-state index contributed by atoms with van der Waals surface area (Å²) in [6, 6.07) is -5.22. The number of benzene rings is 1. The molecular weight excluding hydrogens is 959 g/mol. The molecule has 2 saturated heterocycles. The molecule has 390 valence electrons. The Morgan fingerprint density at radius 1 is 0.943 bits per heavy atom. The molecule has 2 aliphatic heterocycles. The maximum atomic E-state index is 15.1. The Morgan fingerprint density at radius 2 is 1.60 bits per heavy atom. The van der Waals surface area contributed by atoms with Gasteiger partial charge in [-0.25, -0.2) is 4.39 Å². The third kappa shape index (κ3) is 12.1. The zero-order chi connectivity index (χ0) is 51.8. The summed E-state index contributed by atoms with van der Waals surface area (Å²) in [6.07, 6.45) is -10.7. The predicted molar refractivity (Wildman–Crippen MR) is 239 cm³/mol. The molecule has 15 nitrogen and oxygen atoms in total. The fraction of sp³-hybridized carbons (Fsp3) is 0.723. The van der Waals surface area contributed by atoms with Gasteiger partial charge in [0.2, 0.25) is 41.4 Å². The molecule has 5 aliphatic rings. The molecule has 7 amide bonds. The third-order valence-electron chi connectivity index (χ3n) is 14.7. The largest absolute Gasteiger partial charge is 0.573 e. The zero-order valence-corrected chi connectivity index (χ0v) is 40.9. The van der Waals surface area contributed by atoms with Crippen LogP contribution in [0.1, 0.15) is 103 Å². The van der Waals surface area contributed by atoms with Crippen molar-refractivity contribution in [3.63, 3.8) is 0 Å². The van der Waals surface area contributed by atoms with Gasteiger partial charge < -0.3 is 40.3 Å². The van der Waals surface area contributed by atoms with Crippen LogP contribution in [0, 0.1) is 22.7 Å². The molecular formula is C47H63ClF7N7O8. The van der Waals surface area contributed by atoms with Crippen molar-refractivity contribution in [3.05, 3.63) is 28.8 Å². The van der Waals surface area contributed by atoms with Gasteiger partial charge in [-0.2, -0.15) is 13.2 Å². The molecule has 23 heteroatoms. The van der Waals surface area contributed by atoms with Gasteiger partial charge in [-0.15, -0.1) is 13.2 Å². The molecule has 0 bridgehead atoms. The minimum absolute atomic E-state index is 0.0104. The highest BCUT2D eigenvalue weighted by Crippen LogP contribution is 2.69. The Kier molecular flexibility index (Phi) is 16.4. The van der Waals surface area contributed by atoms with Crippen LogP contribution < -0.4 is 20.7 Å². The van der Waals surface area contributed by atoms with Crippen molar-refractivity contribution >= 4 is 53.0 Å². The monoisotopic (exact) mass is 1020 g/mol. The second-order valence-corrected chi connectivity index (χ2v) is 21.0. The molecule has 1 aromatic carbocycles. The fourth-order valence-electron chi connectivity index (χ4n) is 10.6. The normalized spacial score (nSPS) is 27.3. The molecule has 1 aromatic rings. The zero-order valence-electron chi connectivity index (χ0n) is 40.1. The summed E-state index contributed by atoms with van der Waals surface area (Å²) in [4.78, 5) is 103. The highest BCUT2D eigenvalue weighted by atomic mass is 35.5. The first-order chi connectivity index (χ1) is 32.6. The molecule has 5 fully saturated rings. The van der Waals surface area contributed by atoms with E-state index in [9.17, 15) is 59.9 Å². The van der Waals surface area contributed by atoms with Crippen LogP contribution in [-0.2, 0) is 40.0 Å². The lowest BCUT2D eigenvalue weighted by Crippen LogP contribution is -2.66. The summed E-state index contributed by atoms with van der Waals surface area (Å²) in [7, 11) is 3.99. The SMILES string of the molecule is CC(C)C[C@@H]1NC(=O)[C@@H](N(C)C(=O)[C@@H](NC(=O)[C@@H]2C[C@@H](F)CN2C(=O)C2(C(F)(F)F)CC3(CCC3)C2)C2CC2)CCCCN(C)C(=O)[C@@H](C)NC(=O)[C@H](Cc2cc(Cl)ccc2OC(F)(F)F)N(C)C1=O. The number of halogens is 8. The van der Waals surface area contributed by atoms with E-state index in [-0.39, 0.29) is 48.7 Å². The van der Waals surface area contributed by atoms with E-state index in [2.05, 4.69) is 20.7 Å². The van der Waals surface area contributed by atoms with E-state index in [0.29, 0.717) is 30.6 Å². The minimum atomic E-state index is -5.14. The van der Waals surface area contributed by atoms with Gasteiger partial charge in [0.25, 0.3) is 0 Å². The van der Waals surface area contributed by atoms with Gasteiger partial charge in [-0.05, 0) is 112 Å². The lowest BCUT2D eigenvalue weighted by Gasteiger charge is -2.60. The molecule has 3 saturated carbocycles. The third-order valence-corrected chi connectivity index (χ3v) is 15.0. The number of amides is 7. The van der Waals surface area contributed by atoms with Crippen molar-refractivity contribution in [1.82, 2.24) is 35.6 Å². The van der Waals surface area contributed by atoms with E-state index in [4.69, 9.17) is 11.6 Å². The van der Waals surface area contributed by atoms with Crippen molar-refractivity contribution in [2.45, 2.75) is 159 Å². The summed E-state index contributed by atoms with van der Waals surface area (Å²) in [5.41, 5.74) is -3.56. The number of likely N-dealkylation sites (N-methyl/N-ethyl adjacent to an activating group) is 3. The van der Waals surface area contributed by atoms with Gasteiger partial charge in [0.1, 0.15) is 53.6 Å². The van der Waals surface area contributed by atoms with Crippen molar-refractivity contribution < 1.29 is 69.0 Å². The van der Waals surface area contributed by atoms with Crippen molar-refractivity contribution in [2.75, 3.05) is 34.2 Å². The van der Waals surface area contributed by atoms with Crippen LogP contribution in [0.2, 0.25) is 5.02 Å². The smallest absolute Gasteiger partial charge is 0.405 e. The topological polar surface area (TPSA) is 178 Å². The molecule has 3 aliphatic carbocycles. The number of hydrogen-bond acceptors (Lipinski definition) is 8. The van der Waals surface area contributed by atoms with Crippen LogP contribution in [0.3, 0.4) is 0 Å². The van der Waals surface area contributed by atoms with E-state index < -0.39 is 151 Å². The predicted octanol–water partition coefficient (Wildman–Crippen LogP) is 5.46. The quantitative estimate of drug-likeness (QED) is 0.245. The van der Waals surface area contributed by atoms with E-state index in [1.165, 1.54) is 33.0 Å². The van der Waals surface area contributed by atoms with E-state index in [0.717, 1.165) is 34.4 Å². The second kappa shape index (κ2) is 21.1. The molecule has 3 N–H and O–H groups in total. The average molecular weight is 1020 g/mol. The molecule has 70 heavy (non-hydrogen) atoms. The van der Waals surface area contributed by atoms with Gasteiger partial charge in [0.05, 0.1) is 6.54 Å². The van der Waals surface area contributed by atoms with Crippen molar-refractivity contribution in [2.24, 2.45) is 22.7 Å². The first kappa shape index (κ1) is 54.4. The molecule has 1 spiro atoms. The van der Waals surface area contributed by atoms with E-state index in [1.807, 2.05) is 0 Å². The van der Waals surface area contributed by atoms with Gasteiger partial charge in [-0.3, -0.25) is 33.6 Å². The summed E-state index contributed by atoms with van der Waals surface area (Å²) >= 11 is 6.17. The number of hydrogen-bond donors (Lipinski definition) is 3. The minimum Gasteiger partial charge on any atom is -0.405 e. The number of alkyl halides is 7. The highest BCUT2D eigenvalue weighted by molar-refractivity contribution is 6.30. The number of carbonyl (C=O) groups excluding carboxylic acids is 7. The van der Waals surface area contributed by atoms with Gasteiger partial charge in [0.15, 0.2) is 0 Å². The summed E-state index contributed by atoms with van der Waals surface area (Å²) in [5, 5.41) is 7.90. The maximum absolute atomic E-state index is 15.1. The van der Waals surface area contributed by atoms with Gasteiger partial charge in [-0.1, -0.05) is 31.9 Å². The molecule has 0 unspecified atom stereocenters. The Morgan fingerprint density at radius 3 is 2.17 bits per heavy atom. The van der Waals surface area contributed by atoms with Crippen LogP contribution in [0.15, 0.2) is 18.2 Å². The lowest BCUT2D eigenvalue weighted by molar-refractivity contribution is -0.285. The fourth-order valence-corrected chi connectivity index (χ4v) is 10.8. The lowest BCUT2D eigenvalue weighted by atomic mass is 9.44. The molecule has 2 heterocycles. The summed E-state index contributed by atoms with van der Waals surface area (Å²) in [6.45, 7) is 4.29. The molecule has 0 aromatic heterocycles. The van der Waals surface area contributed by atoms with Gasteiger partial charge in [0, 0.05) is 45.6 Å². The van der Waals surface area contributed by atoms with Crippen LogP contribution in [-0.4, -0.2) is 150 Å².